The smallest absolute Gasteiger partial charge is 0.327 e. The van der Waals surface area contributed by atoms with E-state index in [1.165, 1.54) is 116 Å². The molecule has 0 radical (unpaired) electrons. The van der Waals surface area contributed by atoms with E-state index in [-0.39, 0.29) is 12.4 Å². The first kappa shape index (κ1) is 38.7. The van der Waals surface area contributed by atoms with Crippen molar-refractivity contribution in [3.63, 3.8) is 0 Å². The second-order valence-corrected chi connectivity index (χ2v) is 8.35. The molecule has 0 saturated heterocycles. The third kappa shape index (κ3) is 36.8. The van der Waals surface area contributed by atoms with Gasteiger partial charge in [-0.3, -0.25) is 0 Å². The van der Waals surface area contributed by atoms with E-state index in [0.29, 0.717) is 0 Å². The van der Waals surface area contributed by atoms with Crippen molar-refractivity contribution in [2.24, 2.45) is 0 Å². The fraction of sp³-hybridized carbons (Fsp3) is 0.889. The molecule has 0 aliphatic rings. The Labute approximate surface area is 208 Å². The summed E-state index contributed by atoms with van der Waals surface area (Å²) >= 11 is 0. The number of halogens is 1. The number of unbranched alkanes of at least 4 members (excludes halogenated alkanes) is 6. The van der Waals surface area contributed by atoms with Gasteiger partial charge in [-0.1, -0.05) is 86.6 Å². The van der Waals surface area contributed by atoms with Gasteiger partial charge < -0.3 is 14.9 Å². The lowest BCUT2D eigenvalue weighted by Crippen LogP contribution is -2.27. The van der Waals surface area contributed by atoms with Crippen LogP contribution in [-0.4, -0.2) is 60.1 Å². The minimum Gasteiger partial charge on any atom is -0.478 e. The first-order chi connectivity index (χ1) is 15.0. The lowest BCUT2D eigenvalue weighted by atomic mass is 10.2. The lowest BCUT2D eigenvalue weighted by Gasteiger charge is -2.21. The topological polar surface area (TPSA) is 43.8 Å². The third-order valence-corrected chi connectivity index (χ3v) is 5.14. The van der Waals surface area contributed by atoms with Crippen LogP contribution in [0.5, 0.6) is 0 Å². The van der Waals surface area contributed by atoms with E-state index >= 15 is 0 Å². The number of hydrogen-bond acceptors (Lipinski definition) is 3. The standard InChI is InChI=1S/2C12H27N.C3H4O2.ClH/c2*1-4-7-10-13(11-8-5-2)12-9-6-3;1-2-3(4)5;/h2*4-12H2,1-3H3;2H,1H2,(H,4,5);1H. The van der Waals surface area contributed by atoms with E-state index in [0.717, 1.165) is 6.08 Å². The van der Waals surface area contributed by atoms with Gasteiger partial charge in [0.25, 0.3) is 0 Å². The van der Waals surface area contributed by atoms with Crippen molar-refractivity contribution < 1.29 is 9.90 Å². The van der Waals surface area contributed by atoms with Gasteiger partial charge in [-0.05, 0) is 77.8 Å². The highest BCUT2D eigenvalue weighted by atomic mass is 35.5. The monoisotopic (exact) mass is 478 g/mol. The van der Waals surface area contributed by atoms with Crippen molar-refractivity contribution in [2.45, 2.75) is 119 Å². The van der Waals surface area contributed by atoms with Gasteiger partial charge in [0.15, 0.2) is 0 Å². The number of carboxylic acid groups (broad SMARTS) is 1. The van der Waals surface area contributed by atoms with Crippen LogP contribution in [-0.2, 0) is 4.79 Å². The average molecular weight is 479 g/mol. The number of nitrogens with zero attached hydrogens (tertiary/aromatic N) is 2. The maximum Gasteiger partial charge on any atom is 0.327 e. The molecular weight excluding hydrogens is 420 g/mol. The van der Waals surface area contributed by atoms with Crippen LogP contribution >= 0.6 is 12.4 Å². The van der Waals surface area contributed by atoms with E-state index < -0.39 is 5.97 Å². The minimum absolute atomic E-state index is 0. The number of hydrogen-bond donors (Lipinski definition) is 1. The molecule has 0 heterocycles. The molecule has 4 nitrogen and oxygen atoms in total. The van der Waals surface area contributed by atoms with Crippen LogP contribution < -0.4 is 0 Å². The number of carbonyl (C=O) groups is 1. The number of aliphatic carboxylic acids is 1. The van der Waals surface area contributed by atoms with Crippen molar-refractivity contribution in [1.29, 1.82) is 0 Å². The van der Waals surface area contributed by atoms with Crippen LogP contribution in [0.15, 0.2) is 12.7 Å². The second-order valence-electron chi connectivity index (χ2n) is 8.35. The van der Waals surface area contributed by atoms with Crippen molar-refractivity contribution in [3.8, 4) is 0 Å². The predicted molar refractivity (Wildman–Crippen MR) is 147 cm³/mol. The quantitative estimate of drug-likeness (QED) is 0.190. The zero-order valence-corrected chi connectivity index (χ0v) is 23.5. The van der Waals surface area contributed by atoms with E-state index in [4.69, 9.17) is 5.11 Å². The molecule has 0 atom stereocenters. The van der Waals surface area contributed by atoms with Gasteiger partial charge in [0.2, 0.25) is 0 Å². The SMILES string of the molecule is C=CC(=O)O.CCCCN(CCCC)CCCC.CCCCN(CCCC)CCCC.Cl. The highest BCUT2D eigenvalue weighted by Gasteiger charge is 2.02. The molecule has 0 amide bonds. The summed E-state index contributed by atoms with van der Waals surface area (Å²) in [5.41, 5.74) is 0. The zero-order chi connectivity index (χ0) is 24.2. The van der Waals surface area contributed by atoms with Crippen LogP contribution in [0.4, 0.5) is 0 Å². The largest absolute Gasteiger partial charge is 0.478 e. The third-order valence-electron chi connectivity index (χ3n) is 5.14. The molecular formula is C27H59ClN2O2. The lowest BCUT2D eigenvalue weighted by molar-refractivity contribution is -0.131. The molecule has 0 spiro atoms. The highest BCUT2D eigenvalue weighted by Crippen LogP contribution is 2.02. The Morgan fingerprint density at radius 3 is 0.844 bits per heavy atom. The normalized spacial score (nSPS) is 10.0. The Bertz CT molecular complexity index is 293. The Morgan fingerprint density at radius 1 is 0.594 bits per heavy atom. The van der Waals surface area contributed by atoms with Gasteiger partial charge in [-0.15, -0.1) is 12.4 Å². The van der Waals surface area contributed by atoms with E-state index in [2.05, 4.69) is 57.9 Å². The van der Waals surface area contributed by atoms with Gasteiger partial charge in [0.05, 0.1) is 0 Å². The highest BCUT2D eigenvalue weighted by molar-refractivity contribution is 5.85. The van der Waals surface area contributed by atoms with Gasteiger partial charge in [0.1, 0.15) is 0 Å². The molecule has 0 unspecified atom stereocenters. The summed E-state index contributed by atoms with van der Waals surface area (Å²) in [5, 5.41) is 7.60. The molecule has 0 aromatic carbocycles. The summed E-state index contributed by atoms with van der Waals surface area (Å²) in [4.78, 5) is 14.5. The molecule has 1 N–H and O–H groups in total. The molecule has 0 aromatic heterocycles. The van der Waals surface area contributed by atoms with Crippen LogP contribution in [0.25, 0.3) is 0 Å². The molecule has 0 saturated carbocycles. The Balaban J connectivity index is -0.000000198. The summed E-state index contributed by atoms with van der Waals surface area (Å²) in [6.07, 6.45) is 17.0. The Morgan fingerprint density at radius 2 is 0.750 bits per heavy atom. The molecule has 196 valence electrons. The molecule has 32 heavy (non-hydrogen) atoms. The fourth-order valence-electron chi connectivity index (χ4n) is 2.96. The van der Waals surface area contributed by atoms with Crippen molar-refractivity contribution in [3.05, 3.63) is 12.7 Å². The summed E-state index contributed by atoms with van der Waals surface area (Å²) in [6.45, 7) is 24.5. The van der Waals surface area contributed by atoms with E-state index in [9.17, 15) is 4.79 Å². The van der Waals surface area contributed by atoms with Crippen LogP contribution in [0.3, 0.4) is 0 Å². The van der Waals surface area contributed by atoms with Crippen molar-refractivity contribution >= 4 is 18.4 Å². The summed E-state index contributed by atoms with van der Waals surface area (Å²) in [6, 6.07) is 0. The fourth-order valence-corrected chi connectivity index (χ4v) is 2.96. The van der Waals surface area contributed by atoms with Crippen molar-refractivity contribution in [2.75, 3.05) is 39.3 Å². The van der Waals surface area contributed by atoms with Crippen molar-refractivity contribution in [1.82, 2.24) is 9.80 Å². The van der Waals surface area contributed by atoms with Crippen LogP contribution in [0.1, 0.15) is 119 Å². The molecule has 0 fully saturated rings. The zero-order valence-electron chi connectivity index (χ0n) is 22.7. The van der Waals surface area contributed by atoms with Crippen LogP contribution in [0, 0.1) is 0 Å². The minimum atomic E-state index is -0.981. The van der Waals surface area contributed by atoms with Gasteiger partial charge in [0, 0.05) is 6.08 Å². The second kappa shape index (κ2) is 35.0. The number of rotatable bonds is 19. The average Bonchev–Trinajstić information content (AvgIpc) is 2.78. The van der Waals surface area contributed by atoms with E-state index in [1.54, 1.807) is 0 Å². The Hall–Kier alpha value is -0.580. The summed E-state index contributed by atoms with van der Waals surface area (Å²) < 4.78 is 0. The maximum absolute atomic E-state index is 9.25. The Kier molecular flexibility index (Phi) is 42.3. The van der Waals surface area contributed by atoms with Gasteiger partial charge in [-0.25, -0.2) is 4.79 Å². The number of carboxylic acids is 1. The maximum atomic E-state index is 9.25. The molecule has 0 aliphatic heterocycles. The molecule has 5 heteroatoms. The first-order valence-corrected chi connectivity index (χ1v) is 13.3. The molecule has 0 bridgehead atoms. The predicted octanol–water partition coefficient (Wildman–Crippen LogP) is 8.06. The molecule has 0 aromatic rings. The first-order valence-electron chi connectivity index (χ1n) is 13.3. The summed E-state index contributed by atoms with van der Waals surface area (Å²) in [5.74, 6) is -0.981. The van der Waals surface area contributed by atoms with Gasteiger partial charge in [-0.2, -0.15) is 0 Å². The van der Waals surface area contributed by atoms with Gasteiger partial charge >= 0.3 is 5.97 Å². The molecule has 0 aliphatic carbocycles. The summed E-state index contributed by atoms with van der Waals surface area (Å²) in [7, 11) is 0. The van der Waals surface area contributed by atoms with E-state index in [1.807, 2.05) is 0 Å². The van der Waals surface area contributed by atoms with Crippen LogP contribution in [0.2, 0.25) is 0 Å². The molecule has 0 rings (SSSR count).